The zero-order valence-corrected chi connectivity index (χ0v) is 10.8. The van der Waals surface area contributed by atoms with Crippen LogP contribution >= 0.6 is 58.0 Å². The molecular formula is C8H3Cl5N2. The molecule has 2 rings (SSSR count). The number of halogens is 5. The topological polar surface area (TPSA) is 28.7 Å². The van der Waals surface area contributed by atoms with Gasteiger partial charge in [0.15, 0.2) is 5.82 Å². The highest BCUT2D eigenvalue weighted by Crippen LogP contribution is 2.38. The Morgan fingerprint density at radius 2 is 1.80 bits per heavy atom. The molecule has 0 radical (unpaired) electrons. The Hall–Kier alpha value is 0.140. The van der Waals surface area contributed by atoms with E-state index in [-0.39, 0.29) is 5.82 Å². The van der Waals surface area contributed by atoms with Gasteiger partial charge in [-0.25, -0.2) is 4.98 Å². The van der Waals surface area contributed by atoms with Gasteiger partial charge in [-0.05, 0) is 12.1 Å². The van der Waals surface area contributed by atoms with Gasteiger partial charge in [-0.15, -0.1) is 0 Å². The van der Waals surface area contributed by atoms with Gasteiger partial charge in [-0.3, -0.25) is 0 Å². The Kier molecular flexibility index (Phi) is 2.99. The minimum absolute atomic E-state index is 0.215. The molecule has 0 aliphatic rings. The summed E-state index contributed by atoms with van der Waals surface area (Å²) < 4.78 is -1.60. The molecule has 0 spiro atoms. The van der Waals surface area contributed by atoms with Crippen molar-refractivity contribution < 1.29 is 0 Å². The summed E-state index contributed by atoms with van der Waals surface area (Å²) in [4.78, 5) is 6.93. The van der Waals surface area contributed by atoms with Crippen molar-refractivity contribution in [3.63, 3.8) is 0 Å². The maximum absolute atomic E-state index is 5.95. The average molecular weight is 304 g/mol. The highest BCUT2D eigenvalue weighted by molar-refractivity contribution is 6.66. The van der Waals surface area contributed by atoms with Gasteiger partial charge in [0.2, 0.25) is 3.79 Å². The predicted molar refractivity (Wildman–Crippen MR) is 65.4 cm³/mol. The lowest BCUT2D eigenvalue weighted by Gasteiger charge is -2.04. The van der Waals surface area contributed by atoms with Gasteiger partial charge in [0, 0.05) is 0 Å². The van der Waals surface area contributed by atoms with Crippen LogP contribution in [0.2, 0.25) is 10.0 Å². The van der Waals surface area contributed by atoms with Crippen molar-refractivity contribution in [2.24, 2.45) is 0 Å². The van der Waals surface area contributed by atoms with E-state index in [1.54, 1.807) is 12.1 Å². The summed E-state index contributed by atoms with van der Waals surface area (Å²) in [6.07, 6.45) is 0. The maximum atomic E-state index is 5.95. The van der Waals surface area contributed by atoms with E-state index in [1.807, 2.05) is 0 Å². The van der Waals surface area contributed by atoms with Crippen LogP contribution in [0.4, 0.5) is 0 Å². The molecule has 0 saturated heterocycles. The number of rotatable bonds is 0. The number of aromatic amines is 1. The van der Waals surface area contributed by atoms with E-state index in [4.69, 9.17) is 58.0 Å². The van der Waals surface area contributed by atoms with Crippen molar-refractivity contribution in [3.05, 3.63) is 28.0 Å². The van der Waals surface area contributed by atoms with Gasteiger partial charge >= 0.3 is 0 Å². The van der Waals surface area contributed by atoms with Gasteiger partial charge < -0.3 is 4.98 Å². The Balaban J connectivity index is 2.72. The minimum atomic E-state index is -1.60. The lowest BCUT2D eigenvalue weighted by molar-refractivity contribution is 1.05. The number of aromatic nitrogens is 2. The van der Waals surface area contributed by atoms with E-state index < -0.39 is 3.79 Å². The fourth-order valence-corrected chi connectivity index (χ4v) is 1.78. The Labute approximate surface area is 110 Å². The number of imidazole rings is 1. The molecule has 1 heterocycles. The van der Waals surface area contributed by atoms with Gasteiger partial charge in [0.05, 0.1) is 15.6 Å². The summed E-state index contributed by atoms with van der Waals surface area (Å²) >= 11 is 28.8. The molecule has 0 saturated carbocycles. The Bertz CT molecular complexity index is 513. The standard InChI is InChI=1S/C8H3Cl5N2/c9-3-1-2-4-6(5(3)10)15-7(14-4)8(11,12)13/h1-2H,(H,14,15). The van der Waals surface area contributed by atoms with E-state index in [0.717, 1.165) is 0 Å². The zero-order chi connectivity index (χ0) is 11.2. The minimum Gasteiger partial charge on any atom is -0.338 e. The summed E-state index contributed by atoms with van der Waals surface area (Å²) in [5.41, 5.74) is 1.16. The molecule has 1 aromatic carbocycles. The summed E-state index contributed by atoms with van der Waals surface area (Å²) in [6, 6.07) is 3.36. The number of hydrogen-bond donors (Lipinski definition) is 1. The maximum Gasteiger partial charge on any atom is 0.248 e. The first kappa shape index (κ1) is 11.6. The average Bonchev–Trinajstić information content (AvgIpc) is 2.55. The molecule has 2 nitrogen and oxygen atoms in total. The molecule has 2 aromatic rings. The van der Waals surface area contributed by atoms with Crippen LogP contribution in [0.25, 0.3) is 11.0 Å². The summed E-state index contributed by atoms with van der Waals surface area (Å²) in [5, 5.41) is 0.748. The number of hydrogen-bond acceptors (Lipinski definition) is 1. The second-order valence-corrected chi connectivity index (χ2v) is 5.91. The van der Waals surface area contributed by atoms with Gasteiger partial charge in [0.1, 0.15) is 5.52 Å². The largest absolute Gasteiger partial charge is 0.338 e. The third-order valence-corrected chi connectivity index (χ3v) is 3.15. The molecule has 0 amide bonds. The number of H-pyrrole nitrogens is 1. The van der Waals surface area contributed by atoms with Crippen molar-refractivity contribution in [3.8, 4) is 0 Å². The van der Waals surface area contributed by atoms with Crippen molar-refractivity contribution >= 4 is 69.0 Å². The van der Waals surface area contributed by atoms with Crippen LogP contribution in [0.3, 0.4) is 0 Å². The second kappa shape index (κ2) is 3.86. The van der Waals surface area contributed by atoms with Crippen molar-refractivity contribution in [2.45, 2.75) is 3.79 Å². The van der Waals surface area contributed by atoms with E-state index in [9.17, 15) is 0 Å². The van der Waals surface area contributed by atoms with Crippen molar-refractivity contribution in [1.82, 2.24) is 9.97 Å². The lowest BCUT2D eigenvalue weighted by Crippen LogP contribution is -2.02. The smallest absolute Gasteiger partial charge is 0.248 e. The molecule has 80 valence electrons. The third kappa shape index (κ3) is 2.15. The van der Waals surface area contributed by atoms with E-state index >= 15 is 0 Å². The van der Waals surface area contributed by atoms with Crippen LogP contribution in [0.15, 0.2) is 12.1 Å². The van der Waals surface area contributed by atoms with Gasteiger partial charge in [-0.1, -0.05) is 58.0 Å². The zero-order valence-electron chi connectivity index (χ0n) is 6.99. The lowest BCUT2D eigenvalue weighted by atomic mass is 10.3. The first-order chi connectivity index (χ1) is 6.89. The van der Waals surface area contributed by atoms with E-state index in [2.05, 4.69) is 9.97 Å². The van der Waals surface area contributed by atoms with Crippen LogP contribution in [0.5, 0.6) is 0 Å². The normalized spacial score (nSPS) is 12.3. The fourth-order valence-electron chi connectivity index (χ4n) is 1.15. The van der Waals surface area contributed by atoms with Crippen LogP contribution in [0, 0.1) is 0 Å². The van der Waals surface area contributed by atoms with Crippen molar-refractivity contribution in [1.29, 1.82) is 0 Å². The number of nitrogens with zero attached hydrogens (tertiary/aromatic N) is 1. The molecular weight excluding hydrogens is 301 g/mol. The third-order valence-electron chi connectivity index (χ3n) is 1.81. The fraction of sp³-hybridized carbons (Fsp3) is 0.125. The van der Waals surface area contributed by atoms with Gasteiger partial charge in [0.25, 0.3) is 0 Å². The number of nitrogens with one attached hydrogen (secondary N) is 1. The van der Waals surface area contributed by atoms with Crippen LogP contribution < -0.4 is 0 Å². The molecule has 0 aliphatic carbocycles. The molecule has 1 aromatic heterocycles. The van der Waals surface area contributed by atoms with E-state index in [1.165, 1.54) is 0 Å². The molecule has 0 fully saturated rings. The molecule has 0 aliphatic heterocycles. The summed E-state index contributed by atoms with van der Waals surface area (Å²) in [7, 11) is 0. The number of benzene rings is 1. The second-order valence-electron chi connectivity index (χ2n) is 2.84. The molecule has 0 unspecified atom stereocenters. The Morgan fingerprint density at radius 1 is 1.13 bits per heavy atom. The first-order valence-electron chi connectivity index (χ1n) is 3.80. The summed E-state index contributed by atoms with van der Waals surface area (Å²) in [5.74, 6) is 0.215. The highest BCUT2D eigenvalue weighted by atomic mass is 35.6. The highest BCUT2D eigenvalue weighted by Gasteiger charge is 2.27. The van der Waals surface area contributed by atoms with Gasteiger partial charge in [-0.2, -0.15) is 0 Å². The predicted octanol–water partition coefficient (Wildman–Crippen LogP) is 4.70. The molecule has 7 heteroatoms. The summed E-state index contributed by atoms with van der Waals surface area (Å²) in [6.45, 7) is 0. The van der Waals surface area contributed by atoms with Crippen LogP contribution in [-0.2, 0) is 3.79 Å². The first-order valence-corrected chi connectivity index (χ1v) is 5.69. The number of alkyl halides is 3. The molecule has 0 bridgehead atoms. The van der Waals surface area contributed by atoms with Crippen molar-refractivity contribution in [2.75, 3.05) is 0 Å². The quantitative estimate of drug-likeness (QED) is 0.702. The Morgan fingerprint density at radius 3 is 2.40 bits per heavy atom. The SMILES string of the molecule is Clc1ccc2[nH]c(C(Cl)(Cl)Cl)nc2c1Cl. The molecule has 15 heavy (non-hydrogen) atoms. The van der Waals surface area contributed by atoms with E-state index in [0.29, 0.717) is 21.1 Å². The molecule has 0 atom stereocenters. The van der Waals surface area contributed by atoms with Crippen LogP contribution in [0.1, 0.15) is 5.82 Å². The number of fused-ring (bicyclic) bond motifs is 1. The van der Waals surface area contributed by atoms with Crippen LogP contribution in [-0.4, -0.2) is 9.97 Å². The molecule has 1 N–H and O–H groups in total. The monoisotopic (exact) mass is 302 g/mol.